The molecule has 0 saturated carbocycles. The first-order chi connectivity index (χ1) is 9.43. The van der Waals surface area contributed by atoms with Crippen molar-refractivity contribution in [2.45, 2.75) is 27.2 Å². The Hall–Kier alpha value is -2.28. The Bertz CT molecular complexity index is 779. The number of hydrogen-bond donors (Lipinski definition) is 2. The fourth-order valence-corrected chi connectivity index (χ4v) is 1.86. The van der Waals surface area contributed by atoms with E-state index in [0.717, 1.165) is 0 Å². The Balaban J connectivity index is 2.77. The lowest BCUT2D eigenvalue weighted by molar-refractivity contribution is 0.468. The van der Waals surface area contributed by atoms with Crippen molar-refractivity contribution in [3.63, 3.8) is 0 Å². The molecule has 1 heterocycles. The van der Waals surface area contributed by atoms with Crippen LogP contribution in [0.3, 0.4) is 0 Å². The van der Waals surface area contributed by atoms with Gasteiger partial charge in [0.15, 0.2) is 11.4 Å². The number of halogens is 1. The highest BCUT2D eigenvalue weighted by Crippen LogP contribution is 2.29. The average molecular weight is 273 g/mol. The SMILES string of the molecule is CCc1cc2c(O)cc(C#CC(C)C)c(F)c2oc1=N. The molecule has 0 unspecified atom stereocenters. The maximum Gasteiger partial charge on any atom is 0.215 e. The zero-order valence-electron chi connectivity index (χ0n) is 11.7. The summed E-state index contributed by atoms with van der Waals surface area (Å²) in [4.78, 5) is 0. The molecule has 2 N–H and O–H groups in total. The molecule has 4 heteroatoms. The first kappa shape index (κ1) is 14.1. The largest absolute Gasteiger partial charge is 0.507 e. The van der Waals surface area contributed by atoms with Crippen LogP contribution in [0.15, 0.2) is 16.5 Å². The van der Waals surface area contributed by atoms with Crippen molar-refractivity contribution in [1.29, 1.82) is 5.41 Å². The van der Waals surface area contributed by atoms with E-state index in [4.69, 9.17) is 9.83 Å². The summed E-state index contributed by atoms with van der Waals surface area (Å²) in [5, 5.41) is 18.0. The fraction of sp³-hybridized carbons (Fsp3) is 0.312. The van der Waals surface area contributed by atoms with Crippen LogP contribution in [0.1, 0.15) is 31.9 Å². The normalized spacial score (nSPS) is 10.7. The molecule has 0 atom stereocenters. The second-order valence-electron chi connectivity index (χ2n) is 4.88. The molecule has 3 nitrogen and oxygen atoms in total. The third-order valence-corrected chi connectivity index (χ3v) is 2.93. The summed E-state index contributed by atoms with van der Waals surface area (Å²) in [5.74, 6) is 4.90. The van der Waals surface area contributed by atoms with Crippen LogP contribution in [0.5, 0.6) is 5.75 Å². The zero-order valence-corrected chi connectivity index (χ0v) is 11.7. The maximum absolute atomic E-state index is 14.3. The van der Waals surface area contributed by atoms with Crippen molar-refractivity contribution in [1.82, 2.24) is 0 Å². The Morgan fingerprint density at radius 2 is 2.10 bits per heavy atom. The smallest absolute Gasteiger partial charge is 0.215 e. The minimum absolute atomic E-state index is 0.0797. The van der Waals surface area contributed by atoms with Crippen LogP contribution in [-0.4, -0.2) is 5.11 Å². The molecule has 0 aliphatic heterocycles. The van der Waals surface area contributed by atoms with Crippen molar-refractivity contribution in [3.8, 4) is 17.6 Å². The van der Waals surface area contributed by atoms with Gasteiger partial charge in [-0.15, -0.1) is 0 Å². The topological polar surface area (TPSA) is 57.2 Å². The third-order valence-electron chi connectivity index (χ3n) is 2.93. The molecule has 0 aliphatic carbocycles. The summed E-state index contributed by atoms with van der Waals surface area (Å²) in [7, 11) is 0. The first-order valence-corrected chi connectivity index (χ1v) is 6.48. The summed E-state index contributed by atoms with van der Waals surface area (Å²) in [6.45, 7) is 5.65. The van der Waals surface area contributed by atoms with Crippen LogP contribution < -0.4 is 5.55 Å². The van der Waals surface area contributed by atoms with Gasteiger partial charge in [-0.05, 0) is 18.6 Å². The second-order valence-corrected chi connectivity index (χ2v) is 4.88. The lowest BCUT2D eigenvalue weighted by Gasteiger charge is -2.06. The predicted molar refractivity (Wildman–Crippen MR) is 74.8 cm³/mol. The quantitative estimate of drug-likeness (QED) is 0.783. The highest BCUT2D eigenvalue weighted by atomic mass is 19.1. The molecule has 2 aromatic rings. The van der Waals surface area contributed by atoms with Gasteiger partial charge in [0.05, 0.1) is 10.9 Å². The van der Waals surface area contributed by atoms with Gasteiger partial charge in [0, 0.05) is 11.5 Å². The van der Waals surface area contributed by atoms with Crippen LogP contribution in [0.2, 0.25) is 0 Å². The molecule has 0 radical (unpaired) electrons. The van der Waals surface area contributed by atoms with Gasteiger partial charge >= 0.3 is 0 Å². The summed E-state index contributed by atoms with van der Waals surface area (Å²) in [5.41, 5.74) is 0.483. The van der Waals surface area contributed by atoms with Gasteiger partial charge in [-0.2, -0.15) is 0 Å². The first-order valence-electron chi connectivity index (χ1n) is 6.48. The number of fused-ring (bicyclic) bond motifs is 1. The van der Waals surface area contributed by atoms with Crippen LogP contribution in [-0.2, 0) is 6.42 Å². The number of aromatic hydroxyl groups is 1. The molecular formula is C16H16FNO2. The standard InChI is InChI=1S/C16H16FNO2/c1-4-10-7-12-13(19)8-11(6-5-9(2)3)14(17)15(12)20-16(10)18/h7-9,18-19H,4H2,1-3H3. The van der Waals surface area contributed by atoms with Gasteiger partial charge in [-0.1, -0.05) is 32.6 Å². The van der Waals surface area contributed by atoms with Crippen molar-refractivity contribution in [2.75, 3.05) is 0 Å². The van der Waals surface area contributed by atoms with Crippen molar-refractivity contribution in [3.05, 3.63) is 34.6 Å². The Morgan fingerprint density at radius 3 is 2.70 bits per heavy atom. The third kappa shape index (κ3) is 2.53. The van der Waals surface area contributed by atoms with E-state index in [2.05, 4.69) is 11.8 Å². The van der Waals surface area contributed by atoms with Crippen molar-refractivity contribution in [2.24, 2.45) is 5.92 Å². The van der Waals surface area contributed by atoms with E-state index >= 15 is 0 Å². The summed E-state index contributed by atoms with van der Waals surface area (Å²) in [6.07, 6.45) is 0.578. The van der Waals surface area contributed by atoms with Gasteiger partial charge < -0.3 is 9.52 Å². The van der Waals surface area contributed by atoms with E-state index in [9.17, 15) is 9.50 Å². The fourth-order valence-electron chi connectivity index (χ4n) is 1.86. The molecule has 20 heavy (non-hydrogen) atoms. The van der Waals surface area contributed by atoms with Gasteiger partial charge in [0.2, 0.25) is 5.55 Å². The molecular weight excluding hydrogens is 257 g/mol. The highest BCUT2D eigenvalue weighted by Gasteiger charge is 2.14. The van der Waals surface area contributed by atoms with E-state index in [1.54, 1.807) is 6.07 Å². The lowest BCUT2D eigenvalue weighted by atomic mass is 10.1. The van der Waals surface area contributed by atoms with Crippen molar-refractivity contribution >= 4 is 11.0 Å². The number of hydrogen-bond acceptors (Lipinski definition) is 3. The Labute approximate surface area is 116 Å². The molecule has 0 spiro atoms. The summed E-state index contributed by atoms with van der Waals surface area (Å²) in [6, 6.07) is 2.88. The number of phenolic OH excluding ortho intramolecular Hbond substituents is 1. The lowest BCUT2D eigenvalue weighted by Crippen LogP contribution is -2.07. The van der Waals surface area contributed by atoms with E-state index in [-0.39, 0.29) is 33.8 Å². The Morgan fingerprint density at radius 1 is 1.40 bits per heavy atom. The number of nitrogens with one attached hydrogen (secondary N) is 1. The maximum atomic E-state index is 14.3. The molecule has 1 aromatic heterocycles. The molecule has 2 rings (SSSR count). The molecule has 0 fully saturated rings. The van der Waals surface area contributed by atoms with E-state index in [1.807, 2.05) is 20.8 Å². The van der Waals surface area contributed by atoms with E-state index in [1.165, 1.54) is 6.07 Å². The highest BCUT2D eigenvalue weighted by molar-refractivity contribution is 5.85. The summed E-state index contributed by atoms with van der Waals surface area (Å²) >= 11 is 0. The van der Waals surface area contributed by atoms with Crippen LogP contribution in [0.4, 0.5) is 4.39 Å². The van der Waals surface area contributed by atoms with E-state index < -0.39 is 5.82 Å². The molecule has 104 valence electrons. The van der Waals surface area contributed by atoms with Gasteiger partial charge in [-0.25, -0.2) is 4.39 Å². The minimum atomic E-state index is -0.637. The second kappa shape index (κ2) is 5.38. The van der Waals surface area contributed by atoms with Gasteiger partial charge in [0.1, 0.15) is 5.75 Å². The monoisotopic (exact) mass is 273 g/mol. The average Bonchev–Trinajstić information content (AvgIpc) is 2.40. The van der Waals surface area contributed by atoms with E-state index in [0.29, 0.717) is 12.0 Å². The van der Waals surface area contributed by atoms with Gasteiger partial charge in [0.25, 0.3) is 0 Å². The predicted octanol–water partition coefficient (Wildman–Crippen LogP) is 3.33. The number of aryl methyl sites for hydroxylation is 1. The molecule has 0 amide bonds. The zero-order chi connectivity index (χ0) is 14.9. The van der Waals surface area contributed by atoms with Crippen LogP contribution >= 0.6 is 0 Å². The van der Waals surface area contributed by atoms with Crippen LogP contribution in [0.25, 0.3) is 11.0 Å². The molecule has 0 bridgehead atoms. The minimum Gasteiger partial charge on any atom is -0.507 e. The molecule has 0 aliphatic rings. The number of rotatable bonds is 1. The molecule has 0 saturated heterocycles. The van der Waals surface area contributed by atoms with Gasteiger partial charge in [-0.3, -0.25) is 5.41 Å². The number of benzene rings is 1. The number of phenols is 1. The summed E-state index contributed by atoms with van der Waals surface area (Å²) < 4.78 is 19.5. The van der Waals surface area contributed by atoms with Crippen LogP contribution in [0, 0.1) is 29.0 Å². The van der Waals surface area contributed by atoms with Crippen molar-refractivity contribution < 1.29 is 13.9 Å². The Kier molecular flexibility index (Phi) is 3.80. The molecule has 1 aromatic carbocycles.